The summed E-state index contributed by atoms with van der Waals surface area (Å²) < 4.78 is 13.2. The van der Waals surface area contributed by atoms with Crippen LogP contribution in [0.4, 0.5) is 4.39 Å². The first-order valence-corrected chi connectivity index (χ1v) is 8.82. The number of fused-ring (bicyclic) bond motifs is 1. The molecule has 0 fully saturated rings. The second kappa shape index (κ2) is 6.98. The number of amides is 2. The van der Waals surface area contributed by atoms with Gasteiger partial charge in [-0.1, -0.05) is 13.8 Å². The van der Waals surface area contributed by atoms with Crippen molar-refractivity contribution in [2.45, 2.75) is 39.2 Å². The summed E-state index contributed by atoms with van der Waals surface area (Å²) in [5.74, 6) is -0.977. The number of nitrogens with one attached hydrogen (secondary N) is 2. The van der Waals surface area contributed by atoms with E-state index >= 15 is 0 Å². The molecule has 0 spiro atoms. The molecule has 1 aliphatic heterocycles. The van der Waals surface area contributed by atoms with Gasteiger partial charge in [-0.15, -0.1) is 0 Å². The second-order valence-electron chi connectivity index (χ2n) is 7.65. The van der Waals surface area contributed by atoms with Crippen molar-refractivity contribution in [3.63, 3.8) is 0 Å². The molecular weight excluding hydrogens is 347 g/mol. The number of rotatable bonds is 3. The lowest BCUT2D eigenvalue weighted by atomic mass is 9.86. The lowest BCUT2D eigenvalue weighted by Crippen LogP contribution is -2.37. The van der Waals surface area contributed by atoms with Crippen LogP contribution in [0, 0.1) is 5.82 Å². The molecule has 1 aromatic heterocycles. The number of H-pyrrole nitrogens is 1. The van der Waals surface area contributed by atoms with Crippen molar-refractivity contribution >= 4 is 17.4 Å². The lowest BCUT2D eigenvalue weighted by Gasteiger charge is -2.28. The van der Waals surface area contributed by atoms with Gasteiger partial charge in [-0.05, 0) is 38.1 Å². The number of hydrogen-bond donors (Lipinski definition) is 2. The van der Waals surface area contributed by atoms with E-state index in [1.807, 2.05) is 27.7 Å². The van der Waals surface area contributed by atoms with E-state index in [0.29, 0.717) is 23.2 Å². The van der Waals surface area contributed by atoms with E-state index in [-0.39, 0.29) is 17.9 Å². The highest BCUT2D eigenvalue weighted by Crippen LogP contribution is 2.34. The number of aromatic nitrogens is 2. The smallest absolute Gasteiger partial charge is 0.257 e. The van der Waals surface area contributed by atoms with Gasteiger partial charge in [0.2, 0.25) is 0 Å². The van der Waals surface area contributed by atoms with E-state index in [4.69, 9.17) is 0 Å². The van der Waals surface area contributed by atoms with Crippen molar-refractivity contribution < 1.29 is 14.0 Å². The molecule has 7 heteroatoms. The minimum absolute atomic E-state index is 0.0498. The Morgan fingerprint density at radius 2 is 1.93 bits per heavy atom. The number of halogens is 1. The number of carbonyl (C=O) groups excluding carboxylic acids is 2. The molecule has 1 aromatic carbocycles. The third kappa shape index (κ3) is 3.77. The number of hydrogen-bond acceptors (Lipinski definition) is 3. The van der Waals surface area contributed by atoms with Crippen LogP contribution in [-0.4, -0.2) is 39.5 Å². The van der Waals surface area contributed by atoms with Crippen molar-refractivity contribution in [3.8, 4) is 0 Å². The summed E-state index contributed by atoms with van der Waals surface area (Å²) in [6.07, 6.45) is 3.17. The highest BCUT2D eigenvalue weighted by molar-refractivity contribution is 6.20. The van der Waals surface area contributed by atoms with E-state index in [1.54, 1.807) is 12.4 Å². The van der Waals surface area contributed by atoms with Crippen LogP contribution in [0.5, 0.6) is 0 Å². The standard InChI is InChI=1S/C20H23FN4O2/c1-12(2)23-18(26)16-10-25(19(27)13-5-7-14(21)8-6-13)11-20(3,4)17-15(16)9-22-24-17/h5-10,12H,11H2,1-4H3,(H,22,24)(H,23,26). The molecule has 0 saturated carbocycles. The molecule has 2 heterocycles. The van der Waals surface area contributed by atoms with Gasteiger partial charge in [-0.25, -0.2) is 4.39 Å². The predicted octanol–water partition coefficient (Wildman–Crippen LogP) is 2.85. The molecule has 0 bridgehead atoms. The molecule has 0 atom stereocenters. The fourth-order valence-electron chi connectivity index (χ4n) is 3.19. The fourth-order valence-corrected chi connectivity index (χ4v) is 3.19. The molecule has 0 saturated heterocycles. The van der Waals surface area contributed by atoms with E-state index in [9.17, 15) is 14.0 Å². The summed E-state index contributed by atoms with van der Waals surface area (Å²) in [6, 6.07) is 5.33. The van der Waals surface area contributed by atoms with Gasteiger partial charge in [0.25, 0.3) is 11.8 Å². The number of carbonyl (C=O) groups is 2. The maximum Gasteiger partial charge on any atom is 0.257 e. The summed E-state index contributed by atoms with van der Waals surface area (Å²) in [5, 5.41) is 9.94. The van der Waals surface area contributed by atoms with Crippen molar-refractivity contribution in [2.75, 3.05) is 6.54 Å². The normalized spacial score (nSPS) is 15.8. The van der Waals surface area contributed by atoms with Gasteiger partial charge in [0.05, 0.1) is 17.5 Å². The summed E-state index contributed by atoms with van der Waals surface area (Å²) in [6.45, 7) is 8.04. The third-order valence-electron chi connectivity index (χ3n) is 4.47. The van der Waals surface area contributed by atoms with Crippen molar-refractivity contribution in [1.82, 2.24) is 20.4 Å². The molecule has 1 aliphatic rings. The molecular formula is C20H23FN4O2. The van der Waals surface area contributed by atoms with Crippen LogP contribution >= 0.6 is 0 Å². The minimum atomic E-state index is -0.460. The first-order valence-electron chi connectivity index (χ1n) is 8.82. The third-order valence-corrected chi connectivity index (χ3v) is 4.47. The summed E-state index contributed by atoms with van der Waals surface area (Å²) in [5.41, 5.74) is 1.73. The SMILES string of the molecule is CC(C)NC(=O)C1=CN(C(=O)c2ccc(F)cc2)CC(C)(C)c2[nH]ncc21. The van der Waals surface area contributed by atoms with Crippen LogP contribution in [0.25, 0.3) is 5.57 Å². The fraction of sp³-hybridized carbons (Fsp3) is 0.350. The van der Waals surface area contributed by atoms with Crippen LogP contribution in [0.2, 0.25) is 0 Å². The number of aromatic amines is 1. The van der Waals surface area contributed by atoms with Crippen LogP contribution < -0.4 is 5.32 Å². The molecule has 2 aromatic rings. The molecule has 142 valence electrons. The van der Waals surface area contributed by atoms with Crippen molar-refractivity contribution in [1.29, 1.82) is 0 Å². The maximum atomic E-state index is 13.2. The summed E-state index contributed by atoms with van der Waals surface area (Å²) in [7, 11) is 0. The lowest BCUT2D eigenvalue weighted by molar-refractivity contribution is -0.116. The maximum absolute atomic E-state index is 13.2. The summed E-state index contributed by atoms with van der Waals surface area (Å²) >= 11 is 0. The molecule has 6 nitrogen and oxygen atoms in total. The molecule has 27 heavy (non-hydrogen) atoms. The monoisotopic (exact) mass is 370 g/mol. The highest BCUT2D eigenvalue weighted by Gasteiger charge is 2.35. The molecule has 3 rings (SSSR count). The van der Waals surface area contributed by atoms with E-state index in [1.165, 1.54) is 29.2 Å². The molecule has 0 unspecified atom stereocenters. The quantitative estimate of drug-likeness (QED) is 0.872. The molecule has 2 N–H and O–H groups in total. The highest BCUT2D eigenvalue weighted by atomic mass is 19.1. The first-order chi connectivity index (χ1) is 12.7. The zero-order valence-electron chi connectivity index (χ0n) is 15.8. The molecule has 0 radical (unpaired) electrons. The van der Waals surface area contributed by atoms with E-state index in [0.717, 1.165) is 5.69 Å². The van der Waals surface area contributed by atoms with Gasteiger partial charge in [-0.2, -0.15) is 5.10 Å². The van der Waals surface area contributed by atoms with Gasteiger partial charge in [0, 0.05) is 35.3 Å². The number of nitrogens with zero attached hydrogens (tertiary/aromatic N) is 2. The first kappa shape index (κ1) is 18.8. The largest absolute Gasteiger partial charge is 0.350 e. The van der Waals surface area contributed by atoms with Crippen molar-refractivity contribution in [2.24, 2.45) is 0 Å². The Kier molecular flexibility index (Phi) is 4.87. The minimum Gasteiger partial charge on any atom is -0.350 e. The average molecular weight is 370 g/mol. The second-order valence-corrected chi connectivity index (χ2v) is 7.65. The molecule has 0 aliphatic carbocycles. The molecule has 2 amide bonds. The zero-order chi connectivity index (χ0) is 19.8. The predicted molar refractivity (Wildman–Crippen MR) is 100 cm³/mol. The Morgan fingerprint density at radius 3 is 2.56 bits per heavy atom. The Hall–Kier alpha value is -2.96. The average Bonchev–Trinajstić information content (AvgIpc) is 3.04. The Labute approximate surface area is 157 Å². The van der Waals surface area contributed by atoms with E-state index < -0.39 is 11.2 Å². The van der Waals surface area contributed by atoms with Gasteiger partial charge in [0.1, 0.15) is 5.82 Å². The van der Waals surface area contributed by atoms with Gasteiger partial charge in [-0.3, -0.25) is 14.7 Å². The Balaban J connectivity index is 2.06. The van der Waals surface area contributed by atoms with Gasteiger partial charge in [0.15, 0.2) is 0 Å². The summed E-state index contributed by atoms with van der Waals surface area (Å²) in [4.78, 5) is 27.3. The Bertz CT molecular complexity index is 897. The topological polar surface area (TPSA) is 78.1 Å². The van der Waals surface area contributed by atoms with Crippen LogP contribution in [0.1, 0.15) is 49.3 Å². The zero-order valence-corrected chi connectivity index (χ0v) is 15.8. The van der Waals surface area contributed by atoms with Crippen LogP contribution in [0.3, 0.4) is 0 Å². The number of benzene rings is 1. The van der Waals surface area contributed by atoms with Crippen LogP contribution in [0.15, 0.2) is 36.7 Å². The van der Waals surface area contributed by atoms with E-state index in [2.05, 4.69) is 15.5 Å². The van der Waals surface area contributed by atoms with Crippen LogP contribution in [-0.2, 0) is 10.2 Å². The van der Waals surface area contributed by atoms with Gasteiger partial charge < -0.3 is 10.2 Å². The Morgan fingerprint density at radius 1 is 1.26 bits per heavy atom. The van der Waals surface area contributed by atoms with Crippen molar-refractivity contribution in [3.05, 3.63) is 59.3 Å². The van der Waals surface area contributed by atoms with Gasteiger partial charge >= 0.3 is 0 Å².